The Morgan fingerprint density at radius 3 is 2.65 bits per heavy atom. The van der Waals surface area contributed by atoms with Crippen LogP contribution < -0.4 is 10.2 Å². The van der Waals surface area contributed by atoms with Crippen molar-refractivity contribution >= 4 is 17.4 Å². The number of fused-ring (bicyclic) bond motifs is 2. The topological polar surface area (TPSA) is 71.0 Å². The maximum atomic E-state index is 12.7. The third-order valence-corrected chi connectivity index (χ3v) is 6.95. The highest BCUT2D eigenvalue weighted by molar-refractivity contribution is 6.03. The molecule has 4 heterocycles. The number of hydrogen-bond acceptors (Lipinski definition) is 5. The Morgan fingerprint density at radius 1 is 0.968 bits per heavy atom. The first-order valence-corrected chi connectivity index (χ1v) is 11.2. The van der Waals surface area contributed by atoms with Crippen molar-refractivity contribution in [2.75, 3.05) is 23.3 Å². The number of nitrogens with zero attached hydrogens (tertiary/aromatic N) is 4. The molecule has 3 aromatic rings. The van der Waals surface area contributed by atoms with Crippen LogP contribution in [0.3, 0.4) is 0 Å². The summed E-state index contributed by atoms with van der Waals surface area (Å²) in [7, 11) is 0. The lowest BCUT2D eigenvalue weighted by molar-refractivity contribution is -0.118. The third-order valence-electron chi connectivity index (χ3n) is 6.95. The van der Waals surface area contributed by atoms with Crippen LogP contribution in [0.25, 0.3) is 11.5 Å². The highest BCUT2D eigenvalue weighted by atomic mass is 16.2. The SMILES string of the molecule is O=C1Nc2ccccc2C1C1CCN(c2nc(-c3ccccn3)nc3c2CCC3)CC1. The summed E-state index contributed by atoms with van der Waals surface area (Å²) >= 11 is 0. The van der Waals surface area contributed by atoms with Gasteiger partial charge in [0.05, 0.1) is 5.92 Å². The molecule has 1 aromatic carbocycles. The summed E-state index contributed by atoms with van der Waals surface area (Å²) in [6, 6.07) is 14.0. The molecule has 0 saturated carbocycles. The Morgan fingerprint density at radius 2 is 1.81 bits per heavy atom. The average molecular weight is 412 g/mol. The van der Waals surface area contributed by atoms with E-state index in [0.29, 0.717) is 5.92 Å². The van der Waals surface area contributed by atoms with E-state index in [2.05, 4.69) is 21.3 Å². The molecule has 1 aliphatic carbocycles. The largest absolute Gasteiger partial charge is 0.356 e. The summed E-state index contributed by atoms with van der Waals surface area (Å²) in [5.74, 6) is 2.30. The van der Waals surface area contributed by atoms with E-state index in [0.717, 1.165) is 73.8 Å². The zero-order valence-electron chi connectivity index (χ0n) is 17.4. The normalized spacial score (nSPS) is 20.5. The van der Waals surface area contributed by atoms with Gasteiger partial charge in [0.25, 0.3) is 0 Å². The van der Waals surface area contributed by atoms with E-state index >= 15 is 0 Å². The van der Waals surface area contributed by atoms with E-state index in [9.17, 15) is 4.79 Å². The Labute approximate surface area is 181 Å². The smallest absolute Gasteiger partial charge is 0.232 e. The molecule has 1 saturated heterocycles. The van der Waals surface area contributed by atoms with Gasteiger partial charge in [-0.05, 0) is 61.8 Å². The molecule has 2 aliphatic heterocycles. The number of aryl methyl sites for hydroxylation is 1. The van der Waals surface area contributed by atoms with Gasteiger partial charge < -0.3 is 10.2 Å². The molecule has 31 heavy (non-hydrogen) atoms. The summed E-state index contributed by atoms with van der Waals surface area (Å²) in [5.41, 5.74) is 5.45. The quantitative estimate of drug-likeness (QED) is 0.706. The molecule has 3 aliphatic rings. The van der Waals surface area contributed by atoms with Gasteiger partial charge in [-0.2, -0.15) is 0 Å². The second-order valence-corrected chi connectivity index (χ2v) is 8.74. The number of amides is 1. The van der Waals surface area contributed by atoms with E-state index in [1.54, 1.807) is 6.20 Å². The number of carbonyl (C=O) groups is 1. The molecule has 6 heteroatoms. The molecule has 6 nitrogen and oxygen atoms in total. The van der Waals surface area contributed by atoms with Gasteiger partial charge in [0.15, 0.2) is 5.82 Å². The molecule has 0 bridgehead atoms. The van der Waals surface area contributed by atoms with Gasteiger partial charge in [-0.15, -0.1) is 0 Å². The van der Waals surface area contributed by atoms with E-state index in [1.165, 1.54) is 11.3 Å². The number of piperidine rings is 1. The summed E-state index contributed by atoms with van der Waals surface area (Å²) in [4.78, 5) is 29.4. The van der Waals surface area contributed by atoms with E-state index in [4.69, 9.17) is 9.97 Å². The summed E-state index contributed by atoms with van der Waals surface area (Å²) < 4.78 is 0. The van der Waals surface area contributed by atoms with Crippen LogP contribution in [0.15, 0.2) is 48.7 Å². The maximum absolute atomic E-state index is 12.7. The van der Waals surface area contributed by atoms with Gasteiger partial charge >= 0.3 is 0 Å². The van der Waals surface area contributed by atoms with Crippen LogP contribution in [-0.2, 0) is 17.6 Å². The number of rotatable bonds is 3. The predicted molar refractivity (Wildman–Crippen MR) is 120 cm³/mol. The van der Waals surface area contributed by atoms with Crippen LogP contribution in [-0.4, -0.2) is 33.9 Å². The van der Waals surface area contributed by atoms with Crippen molar-refractivity contribution in [1.82, 2.24) is 15.0 Å². The third kappa shape index (κ3) is 3.17. The van der Waals surface area contributed by atoms with Crippen LogP contribution in [0.2, 0.25) is 0 Å². The minimum atomic E-state index is -0.0291. The fourth-order valence-corrected chi connectivity index (χ4v) is 5.43. The lowest BCUT2D eigenvalue weighted by atomic mass is 9.80. The number of nitrogens with one attached hydrogen (secondary N) is 1. The molecule has 0 radical (unpaired) electrons. The van der Waals surface area contributed by atoms with Crippen LogP contribution >= 0.6 is 0 Å². The van der Waals surface area contributed by atoms with E-state index < -0.39 is 0 Å². The number of benzene rings is 1. The lowest BCUT2D eigenvalue weighted by Gasteiger charge is -2.35. The number of anilines is 2. The maximum Gasteiger partial charge on any atom is 0.232 e. The molecule has 1 amide bonds. The first-order valence-electron chi connectivity index (χ1n) is 11.2. The number of pyridine rings is 1. The Bertz CT molecular complexity index is 1140. The monoisotopic (exact) mass is 411 g/mol. The number of hydrogen-bond donors (Lipinski definition) is 1. The van der Waals surface area contributed by atoms with Crippen molar-refractivity contribution in [2.45, 2.75) is 38.0 Å². The minimum Gasteiger partial charge on any atom is -0.356 e. The second kappa shape index (κ2) is 7.45. The zero-order chi connectivity index (χ0) is 20.8. The van der Waals surface area contributed by atoms with Crippen molar-refractivity contribution in [3.63, 3.8) is 0 Å². The van der Waals surface area contributed by atoms with Crippen molar-refractivity contribution in [3.8, 4) is 11.5 Å². The minimum absolute atomic E-state index is 0.0291. The van der Waals surface area contributed by atoms with Gasteiger partial charge in [0, 0.05) is 36.2 Å². The van der Waals surface area contributed by atoms with Crippen molar-refractivity contribution in [2.24, 2.45) is 5.92 Å². The predicted octanol–water partition coefficient (Wildman–Crippen LogP) is 3.98. The van der Waals surface area contributed by atoms with Crippen LogP contribution in [0.1, 0.15) is 42.0 Å². The van der Waals surface area contributed by atoms with Crippen molar-refractivity contribution in [1.29, 1.82) is 0 Å². The molecular formula is C25H25N5O. The number of carbonyl (C=O) groups excluding carboxylic acids is 1. The van der Waals surface area contributed by atoms with Crippen LogP contribution in [0, 0.1) is 5.92 Å². The van der Waals surface area contributed by atoms with E-state index in [1.807, 2.05) is 36.4 Å². The summed E-state index contributed by atoms with van der Waals surface area (Å²) in [6.45, 7) is 1.84. The Kier molecular flexibility index (Phi) is 4.44. The molecule has 1 N–H and O–H groups in total. The van der Waals surface area contributed by atoms with Gasteiger partial charge in [0.2, 0.25) is 5.91 Å². The number of para-hydroxylation sites is 1. The van der Waals surface area contributed by atoms with Gasteiger partial charge in [-0.25, -0.2) is 9.97 Å². The van der Waals surface area contributed by atoms with Crippen LogP contribution in [0.4, 0.5) is 11.5 Å². The molecular weight excluding hydrogens is 386 g/mol. The molecule has 1 fully saturated rings. The molecule has 0 spiro atoms. The lowest BCUT2D eigenvalue weighted by Crippen LogP contribution is -2.38. The van der Waals surface area contributed by atoms with Gasteiger partial charge in [-0.3, -0.25) is 9.78 Å². The summed E-state index contributed by atoms with van der Waals surface area (Å²) in [5, 5.41) is 3.07. The Balaban J connectivity index is 1.26. The number of aromatic nitrogens is 3. The summed E-state index contributed by atoms with van der Waals surface area (Å²) in [6.07, 6.45) is 6.97. The van der Waals surface area contributed by atoms with E-state index in [-0.39, 0.29) is 11.8 Å². The van der Waals surface area contributed by atoms with Crippen LogP contribution in [0.5, 0.6) is 0 Å². The standard InChI is InChI=1S/C25H25N5O/c31-25-22(17-6-1-2-8-19(17)28-25)16-11-14-30(15-12-16)24-18-7-5-10-20(18)27-23(29-24)21-9-3-4-13-26-21/h1-4,6,8-9,13,16,22H,5,7,10-12,14-15H2,(H,28,31). The fraction of sp³-hybridized carbons (Fsp3) is 0.360. The molecule has 156 valence electrons. The second-order valence-electron chi connectivity index (χ2n) is 8.74. The zero-order valence-corrected chi connectivity index (χ0v) is 17.4. The molecule has 1 atom stereocenters. The molecule has 2 aromatic heterocycles. The fourth-order valence-electron chi connectivity index (χ4n) is 5.43. The van der Waals surface area contributed by atoms with Gasteiger partial charge in [0.1, 0.15) is 11.5 Å². The van der Waals surface area contributed by atoms with Gasteiger partial charge in [-0.1, -0.05) is 24.3 Å². The molecule has 1 unspecified atom stereocenters. The molecule has 6 rings (SSSR count). The highest BCUT2D eigenvalue weighted by Crippen LogP contribution is 2.42. The average Bonchev–Trinajstić information content (AvgIpc) is 3.42. The first kappa shape index (κ1) is 18.5. The van der Waals surface area contributed by atoms with Crippen molar-refractivity contribution in [3.05, 3.63) is 65.5 Å². The first-order chi connectivity index (χ1) is 15.3. The highest BCUT2D eigenvalue weighted by Gasteiger charge is 2.38. The Hall–Kier alpha value is -3.28. The van der Waals surface area contributed by atoms with Crippen molar-refractivity contribution < 1.29 is 4.79 Å².